The monoisotopic (exact) mass is 530 g/mol. The van der Waals surface area contributed by atoms with Crippen molar-refractivity contribution in [2.24, 2.45) is 0 Å². The molecular weight excluding hydrogens is 496 g/mol. The van der Waals surface area contributed by atoms with Gasteiger partial charge in [-0.05, 0) is 104 Å². The van der Waals surface area contributed by atoms with E-state index in [4.69, 9.17) is 0 Å². The summed E-state index contributed by atoms with van der Waals surface area (Å²) in [7, 11) is 0. The first-order chi connectivity index (χ1) is 20.2. The van der Waals surface area contributed by atoms with Gasteiger partial charge in [-0.2, -0.15) is 0 Å². The van der Waals surface area contributed by atoms with Gasteiger partial charge in [0.15, 0.2) is 0 Å². The number of aryl methyl sites for hydroxylation is 1. The Bertz CT molecular complexity index is 1690. The number of benzene rings is 5. The van der Waals surface area contributed by atoms with Gasteiger partial charge < -0.3 is 9.80 Å². The largest absolute Gasteiger partial charge is 0.311 e. The smallest absolute Gasteiger partial charge is 0.0464 e. The molecule has 0 aromatic heterocycles. The van der Waals surface area contributed by atoms with E-state index in [9.17, 15) is 0 Å². The van der Waals surface area contributed by atoms with E-state index in [2.05, 4.69) is 181 Å². The quantitative estimate of drug-likeness (QED) is 0.206. The van der Waals surface area contributed by atoms with Crippen molar-refractivity contribution in [3.05, 3.63) is 175 Å². The molecule has 0 bridgehead atoms. The summed E-state index contributed by atoms with van der Waals surface area (Å²) in [6, 6.07) is 47.5. The molecule has 5 aromatic rings. The Morgan fingerprint density at radius 3 is 1.59 bits per heavy atom. The standard InChI is InChI=1S/C39H34N2/c1-30-11-9-17-36(24-19-30)40(34-13-5-3-6-14-34)37-25-20-32(21-26-37)33-22-27-38(28-23-33)41(35-15-7-4-8-16-35)39-18-10-12-31(2)29-39/h3-18,20-29H,19H2,1-2H3. The molecule has 200 valence electrons. The van der Waals surface area contributed by atoms with Crippen molar-refractivity contribution in [3.8, 4) is 11.1 Å². The lowest BCUT2D eigenvalue weighted by atomic mass is 10.0. The molecule has 0 saturated carbocycles. The lowest BCUT2D eigenvalue weighted by Crippen LogP contribution is -2.15. The number of hydrogen-bond donors (Lipinski definition) is 0. The van der Waals surface area contributed by atoms with Gasteiger partial charge in [-0.3, -0.25) is 0 Å². The molecule has 1 aliphatic rings. The van der Waals surface area contributed by atoms with E-state index in [0.29, 0.717) is 0 Å². The maximum absolute atomic E-state index is 2.33. The summed E-state index contributed by atoms with van der Waals surface area (Å²) < 4.78 is 0. The molecule has 5 aromatic carbocycles. The Hall–Kier alpha value is -5.08. The minimum absolute atomic E-state index is 0.943. The Morgan fingerprint density at radius 1 is 0.488 bits per heavy atom. The molecule has 0 saturated heterocycles. The lowest BCUT2D eigenvalue weighted by molar-refractivity contribution is 1.15. The van der Waals surface area contributed by atoms with Crippen LogP contribution in [0.15, 0.2) is 169 Å². The van der Waals surface area contributed by atoms with Crippen LogP contribution in [0.5, 0.6) is 0 Å². The van der Waals surface area contributed by atoms with Crippen molar-refractivity contribution < 1.29 is 0 Å². The van der Waals surface area contributed by atoms with Crippen LogP contribution in [0.1, 0.15) is 18.9 Å². The zero-order valence-electron chi connectivity index (χ0n) is 23.6. The molecule has 0 fully saturated rings. The molecule has 2 nitrogen and oxygen atoms in total. The third-order valence-corrected chi connectivity index (χ3v) is 7.41. The molecule has 0 spiro atoms. The summed E-state index contributed by atoms with van der Waals surface area (Å²) in [6.07, 6.45) is 9.79. The molecule has 0 amide bonds. The summed E-state index contributed by atoms with van der Waals surface area (Å²) in [6.45, 7) is 4.32. The highest BCUT2D eigenvalue weighted by atomic mass is 15.1. The van der Waals surface area contributed by atoms with Gasteiger partial charge in [0.25, 0.3) is 0 Å². The fraction of sp³-hybridized carbons (Fsp3) is 0.0769. The first kappa shape index (κ1) is 26.2. The average Bonchev–Trinajstić information content (AvgIpc) is 3.23. The van der Waals surface area contributed by atoms with Gasteiger partial charge in [-0.1, -0.05) is 96.6 Å². The van der Waals surface area contributed by atoms with Crippen LogP contribution in [0.25, 0.3) is 11.1 Å². The van der Waals surface area contributed by atoms with E-state index >= 15 is 0 Å². The molecule has 0 unspecified atom stereocenters. The second-order valence-electron chi connectivity index (χ2n) is 10.5. The second-order valence-corrected chi connectivity index (χ2v) is 10.5. The van der Waals surface area contributed by atoms with E-state index < -0.39 is 0 Å². The van der Waals surface area contributed by atoms with E-state index in [1.165, 1.54) is 28.0 Å². The number of allylic oxidation sites excluding steroid dienone is 5. The number of hydrogen-bond acceptors (Lipinski definition) is 2. The van der Waals surface area contributed by atoms with Crippen LogP contribution in [0, 0.1) is 6.92 Å². The van der Waals surface area contributed by atoms with E-state index in [-0.39, 0.29) is 0 Å². The minimum Gasteiger partial charge on any atom is -0.311 e. The Morgan fingerprint density at radius 2 is 1.00 bits per heavy atom. The van der Waals surface area contributed by atoms with Crippen molar-refractivity contribution in [2.75, 3.05) is 9.80 Å². The second kappa shape index (κ2) is 12.0. The zero-order chi connectivity index (χ0) is 28.0. The van der Waals surface area contributed by atoms with Gasteiger partial charge in [0.2, 0.25) is 0 Å². The van der Waals surface area contributed by atoms with Gasteiger partial charge >= 0.3 is 0 Å². The van der Waals surface area contributed by atoms with Gasteiger partial charge in [-0.15, -0.1) is 0 Å². The van der Waals surface area contributed by atoms with E-state index in [1.54, 1.807) is 0 Å². The minimum atomic E-state index is 0.943. The molecule has 0 radical (unpaired) electrons. The van der Waals surface area contributed by atoms with Crippen LogP contribution in [-0.2, 0) is 0 Å². The molecule has 41 heavy (non-hydrogen) atoms. The normalized spacial score (nSPS) is 12.7. The van der Waals surface area contributed by atoms with Crippen LogP contribution in [0.3, 0.4) is 0 Å². The molecule has 0 N–H and O–H groups in total. The Balaban J connectivity index is 1.31. The van der Waals surface area contributed by atoms with Crippen LogP contribution in [0.2, 0.25) is 0 Å². The van der Waals surface area contributed by atoms with Crippen molar-refractivity contribution >= 4 is 28.4 Å². The maximum Gasteiger partial charge on any atom is 0.0464 e. The van der Waals surface area contributed by atoms with Crippen molar-refractivity contribution in [2.45, 2.75) is 20.3 Å². The predicted octanol–water partition coefficient (Wildman–Crippen LogP) is 11.1. The van der Waals surface area contributed by atoms with Crippen molar-refractivity contribution in [1.82, 2.24) is 0 Å². The van der Waals surface area contributed by atoms with Crippen LogP contribution in [-0.4, -0.2) is 0 Å². The lowest BCUT2D eigenvalue weighted by Gasteiger charge is -2.27. The van der Waals surface area contributed by atoms with Crippen LogP contribution in [0.4, 0.5) is 28.4 Å². The third kappa shape index (κ3) is 5.92. The summed E-state index contributed by atoms with van der Waals surface area (Å²) in [5.74, 6) is 0. The van der Waals surface area contributed by atoms with Crippen molar-refractivity contribution in [1.29, 1.82) is 0 Å². The van der Waals surface area contributed by atoms with Gasteiger partial charge in [0.05, 0.1) is 0 Å². The molecule has 1 aliphatic carbocycles. The summed E-state index contributed by atoms with van der Waals surface area (Å²) >= 11 is 0. The van der Waals surface area contributed by atoms with E-state index in [0.717, 1.165) is 34.9 Å². The van der Waals surface area contributed by atoms with Crippen LogP contribution >= 0.6 is 0 Å². The third-order valence-electron chi connectivity index (χ3n) is 7.41. The number of anilines is 5. The molecular formula is C39H34N2. The summed E-state index contributed by atoms with van der Waals surface area (Å²) in [5.41, 5.74) is 11.9. The number of nitrogens with zero attached hydrogens (tertiary/aromatic N) is 2. The Kier molecular flexibility index (Phi) is 7.64. The highest BCUT2D eigenvalue weighted by molar-refractivity contribution is 5.79. The SMILES string of the molecule is CC1=CC=CC(N(c2ccccc2)c2ccc(-c3ccc(N(c4ccccc4)c4cccc(C)c4)cc3)cc2)=CC1. The maximum atomic E-state index is 2.33. The highest BCUT2D eigenvalue weighted by Gasteiger charge is 2.15. The first-order valence-corrected chi connectivity index (χ1v) is 14.2. The number of para-hydroxylation sites is 2. The predicted molar refractivity (Wildman–Crippen MR) is 175 cm³/mol. The molecule has 6 rings (SSSR count). The average molecular weight is 531 g/mol. The highest BCUT2D eigenvalue weighted by Crippen LogP contribution is 2.37. The number of rotatable bonds is 7. The fourth-order valence-corrected chi connectivity index (χ4v) is 5.30. The summed E-state index contributed by atoms with van der Waals surface area (Å²) in [5, 5.41) is 0. The van der Waals surface area contributed by atoms with Crippen molar-refractivity contribution in [3.63, 3.8) is 0 Å². The summed E-state index contributed by atoms with van der Waals surface area (Å²) in [4.78, 5) is 4.64. The first-order valence-electron chi connectivity index (χ1n) is 14.2. The Labute approximate surface area is 243 Å². The zero-order valence-corrected chi connectivity index (χ0v) is 23.6. The van der Waals surface area contributed by atoms with Gasteiger partial charge in [-0.25, -0.2) is 0 Å². The molecule has 0 aliphatic heterocycles. The molecule has 0 heterocycles. The van der Waals surface area contributed by atoms with E-state index in [1.807, 2.05) is 0 Å². The van der Waals surface area contributed by atoms with Gasteiger partial charge in [0.1, 0.15) is 0 Å². The van der Waals surface area contributed by atoms with Gasteiger partial charge in [0, 0.05) is 34.1 Å². The van der Waals surface area contributed by atoms with Crippen LogP contribution < -0.4 is 9.80 Å². The topological polar surface area (TPSA) is 6.48 Å². The molecule has 2 heteroatoms. The fourth-order valence-electron chi connectivity index (χ4n) is 5.30. The molecule has 0 atom stereocenters.